The molecule has 0 unspecified atom stereocenters. The summed E-state index contributed by atoms with van der Waals surface area (Å²) in [4.78, 5) is 4.16. The number of methoxy groups -OCH3 is 1. The van der Waals surface area contributed by atoms with Crippen LogP contribution in [0.2, 0.25) is 0 Å². The van der Waals surface area contributed by atoms with Gasteiger partial charge in [0.15, 0.2) is 0 Å². The number of hydrogen-bond acceptors (Lipinski definition) is 2. The van der Waals surface area contributed by atoms with Gasteiger partial charge in [0.25, 0.3) is 0 Å². The number of ether oxygens (including phenoxy) is 1. The number of nitrogens with zero attached hydrogens (tertiary/aromatic N) is 1. The fourth-order valence-electron chi connectivity index (χ4n) is 1.94. The van der Waals surface area contributed by atoms with Crippen molar-refractivity contribution in [1.82, 2.24) is 4.98 Å². The summed E-state index contributed by atoms with van der Waals surface area (Å²) < 4.78 is 18.4. The number of hydrogen-bond donors (Lipinski definition) is 0. The van der Waals surface area contributed by atoms with Crippen LogP contribution in [0.4, 0.5) is 4.39 Å². The van der Waals surface area contributed by atoms with Crippen LogP contribution in [0.5, 0.6) is 5.88 Å². The first-order chi connectivity index (χ1) is 8.61. The molecule has 0 radical (unpaired) electrons. The summed E-state index contributed by atoms with van der Waals surface area (Å²) in [6, 6.07) is 8.56. The second kappa shape index (κ2) is 5.17. The normalized spacial score (nSPS) is 10.7. The van der Waals surface area contributed by atoms with Crippen molar-refractivity contribution in [3.63, 3.8) is 0 Å². The highest BCUT2D eigenvalue weighted by molar-refractivity contribution is 5.67. The topological polar surface area (TPSA) is 22.1 Å². The van der Waals surface area contributed by atoms with Crippen LogP contribution in [0.25, 0.3) is 11.1 Å². The maximum absolute atomic E-state index is 13.4. The lowest BCUT2D eigenvalue weighted by Gasteiger charge is -2.13. The monoisotopic (exact) mass is 245 g/mol. The van der Waals surface area contributed by atoms with Crippen molar-refractivity contribution in [2.75, 3.05) is 7.11 Å². The van der Waals surface area contributed by atoms with Gasteiger partial charge in [-0.05, 0) is 35.2 Å². The van der Waals surface area contributed by atoms with Crippen molar-refractivity contribution < 1.29 is 9.13 Å². The zero-order chi connectivity index (χ0) is 13.1. The lowest BCUT2D eigenvalue weighted by atomic mass is 9.93. The Morgan fingerprint density at radius 2 is 1.94 bits per heavy atom. The van der Waals surface area contributed by atoms with Crippen LogP contribution in [0.15, 0.2) is 36.5 Å². The number of pyridine rings is 1. The minimum Gasteiger partial charge on any atom is -0.481 e. The van der Waals surface area contributed by atoms with Gasteiger partial charge in [-0.15, -0.1) is 0 Å². The number of halogens is 1. The largest absolute Gasteiger partial charge is 0.481 e. The van der Waals surface area contributed by atoms with Gasteiger partial charge >= 0.3 is 0 Å². The molecule has 0 N–H and O–H groups in total. The van der Waals surface area contributed by atoms with E-state index < -0.39 is 0 Å². The third-order valence-electron chi connectivity index (χ3n) is 2.89. The van der Waals surface area contributed by atoms with E-state index in [0.717, 1.165) is 16.7 Å². The van der Waals surface area contributed by atoms with Crippen LogP contribution in [0.3, 0.4) is 0 Å². The van der Waals surface area contributed by atoms with Gasteiger partial charge in [-0.2, -0.15) is 0 Å². The molecule has 2 aromatic rings. The molecule has 0 saturated heterocycles. The summed E-state index contributed by atoms with van der Waals surface area (Å²) >= 11 is 0. The molecule has 1 heterocycles. The predicted molar refractivity (Wildman–Crippen MR) is 70.3 cm³/mol. The smallest absolute Gasteiger partial charge is 0.212 e. The molecule has 2 rings (SSSR count). The van der Waals surface area contributed by atoms with Gasteiger partial charge in [0.2, 0.25) is 5.88 Å². The Kier molecular flexibility index (Phi) is 3.60. The molecule has 0 atom stereocenters. The first-order valence-corrected chi connectivity index (χ1v) is 5.91. The molecule has 0 aliphatic heterocycles. The van der Waals surface area contributed by atoms with Crippen molar-refractivity contribution in [3.05, 3.63) is 47.9 Å². The van der Waals surface area contributed by atoms with Crippen molar-refractivity contribution in [2.24, 2.45) is 0 Å². The Morgan fingerprint density at radius 1 is 1.17 bits per heavy atom. The summed E-state index contributed by atoms with van der Waals surface area (Å²) in [6.07, 6.45) is 1.71. The summed E-state index contributed by atoms with van der Waals surface area (Å²) in [5, 5.41) is 0. The molecule has 0 aliphatic carbocycles. The fourth-order valence-corrected chi connectivity index (χ4v) is 1.94. The van der Waals surface area contributed by atoms with Crippen LogP contribution >= 0.6 is 0 Å². The Hall–Kier alpha value is -1.90. The SMILES string of the molecule is COc1ccc(-c2cc(F)ccc2C(C)C)cn1. The molecule has 0 spiro atoms. The second-order valence-corrected chi connectivity index (χ2v) is 4.48. The van der Waals surface area contributed by atoms with Gasteiger partial charge in [-0.1, -0.05) is 19.9 Å². The lowest BCUT2D eigenvalue weighted by molar-refractivity contribution is 0.398. The average Bonchev–Trinajstić information content (AvgIpc) is 2.38. The van der Waals surface area contributed by atoms with Crippen LogP contribution in [-0.4, -0.2) is 12.1 Å². The van der Waals surface area contributed by atoms with Gasteiger partial charge < -0.3 is 4.74 Å². The quantitative estimate of drug-likeness (QED) is 0.814. The van der Waals surface area contributed by atoms with E-state index in [1.807, 2.05) is 12.1 Å². The molecular weight excluding hydrogens is 229 g/mol. The Labute approximate surface area is 106 Å². The van der Waals surface area contributed by atoms with Crippen molar-refractivity contribution in [3.8, 4) is 17.0 Å². The Bertz CT molecular complexity index is 535. The van der Waals surface area contributed by atoms with Crippen LogP contribution < -0.4 is 4.74 Å². The van der Waals surface area contributed by atoms with Crippen LogP contribution in [0, 0.1) is 5.82 Å². The molecule has 0 aliphatic rings. The van der Waals surface area contributed by atoms with E-state index in [0.29, 0.717) is 11.8 Å². The zero-order valence-electron chi connectivity index (χ0n) is 10.8. The highest BCUT2D eigenvalue weighted by Gasteiger charge is 2.10. The van der Waals surface area contributed by atoms with E-state index in [2.05, 4.69) is 18.8 Å². The van der Waals surface area contributed by atoms with Crippen molar-refractivity contribution >= 4 is 0 Å². The first-order valence-electron chi connectivity index (χ1n) is 5.91. The van der Waals surface area contributed by atoms with Crippen LogP contribution in [-0.2, 0) is 0 Å². The van der Waals surface area contributed by atoms with E-state index in [1.165, 1.54) is 6.07 Å². The number of aromatic nitrogens is 1. The van der Waals surface area contributed by atoms with Gasteiger partial charge in [-0.3, -0.25) is 0 Å². The average molecular weight is 245 g/mol. The molecule has 0 amide bonds. The minimum absolute atomic E-state index is 0.231. The summed E-state index contributed by atoms with van der Waals surface area (Å²) in [5.74, 6) is 0.661. The van der Waals surface area contributed by atoms with Crippen molar-refractivity contribution in [2.45, 2.75) is 19.8 Å². The van der Waals surface area contributed by atoms with Gasteiger partial charge in [0, 0.05) is 17.8 Å². The zero-order valence-corrected chi connectivity index (χ0v) is 10.8. The highest BCUT2D eigenvalue weighted by atomic mass is 19.1. The summed E-state index contributed by atoms with van der Waals surface area (Å²) in [7, 11) is 1.57. The van der Waals surface area contributed by atoms with Gasteiger partial charge in [-0.25, -0.2) is 9.37 Å². The third kappa shape index (κ3) is 2.50. The minimum atomic E-state index is -0.231. The standard InChI is InChI=1S/C15H16FNO/c1-10(2)13-6-5-12(16)8-14(13)11-4-7-15(18-3)17-9-11/h4-10H,1-3H3. The third-order valence-corrected chi connectivity index (χ3v) is 2.89. The second-order valence-electron chi connectivity index (χ2n) is 4.48. The molecule has 18 heavy (non-hydrogen) atoms. The van der Waals surface area contributed by atoms with E-state index >= 15 is 0 Å². The fraction of sp³-hybridized carbons (Fsp3) is 0.267. The Morgan fingerprint density at radius 3 is 2.50 bits per heavy atom. The number of benzene rings is 1. The molecule has 0 saturated carbocycles. The molecule has 2 nitrogen and oxygen atoms in total. The molecule has 0 fully saturated rings. The maximum atomic E-state index is 13.4. The van der Waals surface area contributed by atoms with Crippen LogP contribution in [0.1, 0.15) is 25.3 Å². The Balaban J connectivity index is 2.50. The van der Waals surface area contributed by atoms with E-state index in [-0.39, 0.29) is 5.82 Å². The van der Waals surface area contributed by atoms with E-state index in [1.54, 1.807) is 25.4 Å². The maximum Gasteiger partial charge on any atom is 0.212 e. The molecule has 0 bridgehead atoms. The van der Waals surface area contributed by atoms with Crippen molar-refractivity contribution in [1.29, 1.82) is 0 Å². The molecule has 3 heteroatoms. The lowest BCUT2D eigenvalue weighted by Crippen LogP contribution is -1.94. The molecule has 1 aromatic carbocycles. The first kappa shape index (κ1) is 12.6. The van der Waals surface area contributed by atoms with E-state index in [4.69, 9.17) is 4.74 Å². The number of rotatable bonds is 3. The predicted octanol–water partition coefficient (Wildman–Crippen LogP) is 4.02. The molecule has 94 valence electrons. The molecule has 1 aromatic heterocycles. The summed E-state index contributed by atoms with van der Waals surface area (Å²) in [6.45, 7) is 4.18. The molecular formula is C15H16FNO. The van der Waals surface area contributed by atoms with Gasteiger partial charge in [0.05, 0.1) is 7.11 Å². The highest BCUT2D eigenvalue weighted by Crippen LogP contribution is 2.30. The van der Waals surface area contributed by atoms with E-state index in [9.17, 15) is 4.39 Å². The van der Waals surface area contributed by atoms with Gasteiger partial charge in [0.1, 0.15) is 5.82 Å². The summed E-state index contributed by atoms with van der Waals surface area (Å²) in [5.41, 5.74) is 2.91.